The van der Waals surface area contributed by atoms with Crippen molar-refractivity contribution in [3.63, 3.8) is 0 Å². The molecule has 1 aliphatic rings. The molecule has 0 saturated carbocycles. The van der Waals surface area contributed by atoms with Gasteiger partial charge >= 0.3 is 0 Å². The molecule has 0 radical (unpaired) electrons. The molecular formula is C22H21Cl2FN2O3. The Morgan fingerprint density at radius 3 is 2.33 bits per heavy atom. The summed E-state index contributed by atoms with van der Waals surface area (Å²) >= 11 is 12.5. The lowest BCUT2D eigenvalue weighted by atomic mass is 9.83. The second-order valence-corrected chi connectivity index (χ2v) is 8.60. The van der Waals surface area contributed by atoms with E-state index in [1.54, 1.807) is 0 Å². The maximum Gasteiger partial charge on any atom is 0.269 e. The number of carbonyl (C=O) groups is 3. The molecule has 2 aromatic rings. The first-order valence-electron chi connectivity index (χ1n) is 9.41. The van der Waals surface area contributed by atoms with E-state index in [0.29, 0.717) is 5.56 Å². The van der Waals surface area contributed by atoms with Crippen molar-refractivity contribution in [2.45, 2.75) is 44.3 Å². The second kappa shape index (κ2) is 8.36. The number of nitrogens with one attached hydrogen (secondary N) is 2. The van der Waals surface area contributed by atoms with E-state index in [1.807, 2.05) is 49.5 Å². The summed E-state index contributed by atoms with van der Waals surface area (Å²) in [4.78, 5) is 36.2. The number of halogens is 3. The van der Waals surface area contributed by atoms with Gasteiger partial charge in [0.15, 0.2) is 0 Å². The highest BCUT2D eigenvalue weighted by Crippen LogP contribution is 2.42. The smallest absolute Gasteiger partial charge is 0.269 e. The number of imide groups is 1. The lowest BCUT2D eigenvalue weighted by molar-refractivity contribution is -0.144. The van der Waals surface area contributed by atoms with Crippen LogP contribution in [0.3, 0.4) is 0 Å². The van der Waals surface area contributed by atoms with Crippen LogP contribution in [0.2, 0.25) is 10.0 Å². The molecule has 2 aromatic carbocycles. The van der Waals surface area contributed by atoms with Gasteiger partial charge in [0, 0.05) is 35.0 Å². The Morgan fingerprint density at radius 1 is 1.17 bits per heavy atom. The molecule has 3 rings (SSSR count). The van der Waals surface area contributed by atoms with Crippen LogP contribution >= 0.6 is 23.2 Å². The van der Waals surface area contributed by atoms with Gasteiger partial charge in [-0.2, -0.15) is 0 Å². The summed E-state index contributed by atoms with van der Waals surface area (Å²) in [5.41, 5.74) is -1.99. The predicted octanol–water partition coefficient (Wildman–Crippen LogP) is 4.19. The van der Waals surface area contributed by atoms with E-state index in [0.717, 1.165) is 5.56 Å². The van der Waals surface area contributed by atoms with Crippen LogP contribution in [-0.2, 0) is 32.0 Å². The van der Waals surface area contributed by atoms with Crippen molar-refractivity contribution < 1.29 is 18.8 Å². The number of amides is 3. The van der Waals surface area contributed by atoms with Gasteiger partial charge in [0.05, 0.1) is 5.41 Å². The standard InChI is InChI=1S/C22H21Cl2FN2O3/c1-21(2,14-6-4-3-5-7-14)19(29)26-12-13-10-15(23)18(16(24)11-13)22(25)9-8-17(28)27-20(22)30/h3-7,10-11H,8-9,12H2,1-2H3,(H,26,29)(H,27,28,30). The van der Waals surface area contributed by atoms with Crippen LogP contribution in [0.4, 0.5) is 4.39 Å². The van der Waals surface area contributed by atoms with Crippen molar-refractivity contribution in [3.8, 4) is 0 Å². The number of benzene rings is 2. The molecular weight excluding hydrogens is 430 g/mol. The van der Waals surface area contributed by atoms with Crippen LogP contribution < -0.4 is 10.6 Å². The molecule has 5 nitrogen and oxygen atoms in total. The largest absolute Gasteiger partial charge is 0.351 e. The van der Waals surface area contributed by atoms with Crippen LogP contribution in [0, 0.1) is 0 Å². The molecule has 1 aliphatic heterocycles. The van der Waals surface area contributed by atoms with Crippen molar-refractivity contribution in [2.75, 3.05) is 0 Å². The van der Waals surface area contributed by atoms with E-state index in [2.05, 4.69) is 5.32 Å². The summed E-state index contributed by atoms with van der Waals surface area (Å²) in [7, 11) is 0. The van der Waals surface area contributed by atoms with Gasteiger partial charge in [-0.3, -0.25) is 19.7 Å². The Kier molecular flexibility index (Phi) is 6.20. The summed E-state index contributed by atoms with van der Waals surface area (Å²) in [6.07, 6.45) is -0.486. The zero-order valence-electron chi connectivity index (χ0n) is 16.5. The van der Waals surface area contributed by atoms with Gasteiger partial charge in [-0.15, -0.1) is 0 Å². The summed E-state index contributed by atoms with van der Waals surface area (Å²) < 4.78 is 15.4. The molecule has 0 aromatic heterocycles. The Morgan fingerprint density at radius 2 is 1.77 bits per heavy atom. The maximum absolute atomic E-state index is 15.4. The van der Waals surface area contributed by atoms with Crippen LogP contribution in [0.1, 0.15) is 43.4 Å². The number of rotatable bonds is 5. The fourth-order valence-electron chi connectivity index (χ4n) is 3.42. The number of hydrogen-bond acceptors (Lipinski definition) is 3. The van der Waals surface area contributed by atoms with Crippen LogP contribution in [0.15, 0.2) is 42.5 Å². The van der Waals surface area contributed by atoms with Crippen LogP contribution in [0.5, 0.6) is 0 Å². The highest BCUT2D eigenvalue weighted by Gasteiger charge is 2.47. The second-order valence-electron chi connectivity index (χ2n) is 7.79. The summed E-state index contributed by atoms with van der Waals surface area (Å²) in [5.74, 6) is -1.81. The Bertz CT molecular complexity index is 988. The normalized spacial score (nSPS) is 19.4. The lowest BCUT2D eigenvalue weighted by Gasteiger charge is -2.30. The average molecular weight is 451 g/mol. The Balaban J connectivity index is 1.78. The molecule has 0 bridgehead atoms. The number of piperidine rings is 1. The minimum Gasteiger partial charge on any atom is -0.351 e. The molecule has 3 amide bonds. The van der Waals surface area contributed by atoms with Crippen molar-refractivity contribution in [3.05, 3.63) is 69.2 Å². The molecule has 158 valence electrons. The SMILES string of the molecule is CC(C)(C(=O)NCc1cc(Cl)c(C2(F)CCC(=O)NC2=O)c(Cl)c1)c1ccccc1. The highest BCUT2D eigenvalue weighted by molar-refractivity contribution is 6.36. The van der Waals surface area contributed by atoms with E-state index in [-0.39, 0.29) is 40.9 Å². The van der Waals surface area contributed by atoms with Gasteiger partial charge in [0.25, 0.3) is 5.91 Å². The van der Waals surface area contributed by atoms with Crippen molar-refractivity contribution in [1.82, 2.24) is 10.6 Å². The Hall–Kier alpha value is -2.44. The molecule has 1 fully saturated rings. The highest BCUT2D eigenvalue weighted by atomic mass is 35.5. The topological polar surface area (TPSA) is 75.3 Å². The third-order valence-electron chi connectivity index (χ3n) is 5.32. The average Bonchev–Trinajstić information content (AvgIpc) is 2.69. The van der Waals surface area contributed by atoms with E-state index >= 15 is 4.39 Å². The quantitative estimate of drug-likeness (QED) is 0.670. The van der Waals surface area contributed by atoms with Crippen LogP contribution in [-0.4, -0.2) is 17.7 Å². The molecule has 1 saturated heterocycles. The summed E-state index contributed by atoms with van der Waals surface area (Å²) in [6, 6.07) is 12.3. The predicted molar refractivity (Wildman–Crippen MR) is 113 cm³/mol. The first kappa shape index (κ1) is 22.2. The first-order valence-corrected chi connectivity index (χ1v) is 10.2. The lowest BCUT2D eigenvalue weighted by Crippen LogP contribution is -2.49. The fourth-order valence-corrected chi connectivity index (χ4v) is 4.25. The van der Waals surface area contributed by atoms with E-state index in [9.17, 15) is 14.4 Å². The van der Waals surface area contributed by atoms with Gasteiger partial charge in [-0.05, 0) is 37.1 Å². The molecule has 1 unspecified atom stereocenters. The molecule has 1 atom stereocenters. The number of hydrogen-bond donors (Lipinski definition) is 2. The van der Waals surface area contributed by atoms with E-state index in [1.165, 1.54) is 12.1 Å². The summed E-state index contributed by atoms with van der Waals surface area (Å²) in [6.45, 7) is 3.76. The van der Waals surface area contributed by atoms with E-state index < -0.39 is 22.9 Å². The first-order chi connectivity index (χ1) is 14.1. The van der Waals surface area contributed by atoms with Gasteiger partial charge in [0.1, 0.15) is 0 Å². The molecule has 0 spiro atoms. The third-order valence-corrected chi connectivity index (χ3v) is 5.92. The minimum absolute atomic E-state index is 0.0407. The van der Waals surface area contributed by atoms with Crippen molar-refractivity contribution in [2.24, 2.45) is 0 Å². The van der Waals surface area contributed by atoms with Crippen molar-refractivity contribution >= 4 is 40.9 Å². The van der Waals surface area contributed by atoms with Gasteiger partial charge in [-0.1, -0.05) is 53.5 Å². The summed E-state index contributed by atoms with van der Waals surface area (Å²) in [5, 5.41) is 4.74. The zero-order chi connectivity index (χ0) is 22.1. The fraction of sp³-hybridized carbons (Fsp3) is 0.318. The van der Waals surface area contributed by atoms with Gasteiger partial charge in [-0.25, -0.2) is 4.39 Å². The monoisotopic (exact) mass is 450 g/mol. The van der Waals surface area contributed by atoms with Crippen LogP contribution in [0.25, 0.3) is 0 Å². The van der Waals surface area contributed by atoms with E-state index in [4.69, 9.17) is 23.2 Å². The molecule has 1 heterocycles. The number of alkyl halides is 1. The molecule has 30 heavy (non-hydrogen) atoms. The molecule has 8 heteroatoms. The number of carbonyl (C=O) groups excluding carboxylic acids is 3. The molecule has 0 aliphatic carbocycles. The zero-order valence-corrected chi connectivity index (χ0v) is 18.0. The van der Waals surface area contributed by atoms with Gasteiger partial charge in [0.2, 0.25) is 17.5 Å². The Labute approximate surface area is 183 Å². The minimum atomic E-state index is -2.49. The third kappa shape index (κ3) is 4.20. The maximum atomic E-state index is 15.4. The van der Waals surface area contributed by atoms with Crippen molar-refractivity contribution in [1.29, 1.82) is 0 Å². The molecule has 2 N–H and O–H groups in total. The van der Waals surface area contributed by atoms with Gasteiger partial charge < -0.3 is 5.32 Å².